The second kappa shape index (κ2) is 6.78. The summed E-state index contributed by atoms with van der Waals surface area (Å²) in [6.07, 6.45) is 3.00. The van der Waals surface area contributed by atoms with Crippen LogP contribution < -0.4 is 15.5 Å². The Bertz CT molecular complexity index is 1340. The van der Waals surface area contributed by atoms with Crippen molar-refractivity contribution in [3.8, 4) is 11.5 Å². The number of benzene rings is 1. The monoisotopic (exact) mass is 470 g/mol. The molecule has 5 heterocycles. The minimum absolute atomic E-state index is 0.0307. The molecule has 11 nitrogen and oxygen atoms in total. The van der Waals surface area contributed by atoms with Crippen molar-refractivity contribution in [3.05, 3.63) is 29.0 Å². The number of fused-ring (bicyclic) bond motifs is 5. The van der Waals surface area contributed by atoms with Gasteiger partial charge in [-0.25, -0.2) is 9.78 Å². The molecule has 2 saturated heterocycles. The fourth-order valence-electron chi connectivity index (χ4n) is 5.42. The second-order valence-corrected chi connectivity index (χ2v) is 8.95. The zero-order valence-electron chi connectivity index (χ0n) is 17.7. The highest BCUT2D eigenvalue weighted by molar-refractivity contribution is 6.38. The number of carbonyl (C=O) groups excluding carboxylic acids is 3. The van der Waals surface area contributed by atoms with Crippen molar-refractivity contribution < 1.29 is 23.6 Å². The van der Waals surface area contributed by atoms with Crippen LogP contribution in [0.25, 0.3) is 22.5 Å². The zero-order valence-corrected chi connectivity index (χ0v) is 18.5. The number of nitrogens with zero attached hydrogens (tertiary/aromatic N) is 4. The average Bonchev–Trinajstić information content (AvgIpc) is 3.37. The minimum Gasteiger partial charge on any atom is -0.374 e. The van der Waals surface area contributed by atoms with Crippen molar-refractivity contribution in [2.75, 3.05) is 18.1 Å². The molecule has 3 aliphatic rings. The first kappa shape index (κ1) is 20.2. The Morgan fingerprint density at radius 3 is 2.70 bits per heavy atom. The number of morpholine rings is 1. The Morgan fingerprint density at radius 1 is 1.24 bits per heavy atom. The molecule has 33 heavy (non-hydrogen) atoms. The molecule has 0 aliphatic carbocycles. The van der Waals surface area contributed by atoms with E-state index in [2.05, 4.69) is 20.8 Å². The molecule has 4 amide bonds. The Kier molecular flexibility index (Phi) is 4.15. The van der Waals surface area contributed by atoms with E-state index in [0.717, 1.165) is 0 Å². The van der Waals surface area contributed by atoms with Crippen molar-refractivity contribution >= 4 is 46.1 Å². The number of ether oxygens (including phenoxy) is 1. The van der Waals surface area contributed by atoms with Crippen LogP contribution in [0.5, 0.6) is 0 Å². The van der Waals surface area contributed by atoms with Gasteiger partial charge in [-0.3, -0.25) is 20.2 Å². The Morgan fingerprint density at radius 2 is 2.00 bits per heavy atom. The lowest BCUT2D eigenvalue weighted by Gasteiger charge is -2.54. The largest absolute Gasteiger partial charge is 0.374 e. The number of rotatable bonds is 1. The third-order valence-corrected chi connectivity index (χ3v) is 7.16. The van der Waals surface area contributed by atoms with Crippen molar-refractivity contribution in [2.45, 2.75) is 25.5 Å². The lowest BCUT2D eigenvalue weighted by atomic mass is 9.66. The van der Waals surface area contributed by atoms with Gasteiger partial charge in [0.05, 0.1) is 29.8 Å². The van der Waals surface area contributed by atoms with Gasteiger partial charge in [-0.05, 0) is 25.0 Å². The third kappa shape index (κ3) is 2.57. The van der Waals surface area contributed by atoms with Crippen molar-refractivity contribution in [1.29, 1.82) is 0 Å². The number of imide groups is 2. The summed E-state index contributed by atoms with van der Waals surface area (Å²) in [5, 5.41) is 9.72. The molecule has 2 N–H and O–H groups in total. The highest BCUT2D eigenvalue weighted by atomic mass is 35.5. The van der Waals surface area contributed by atoms with E-state index in [4.69, 9.17) is 20.9 Å². The number of nitrogens with one attached hydrogen (secondary N) is 2. The average molecular weight is 471 g/mol. The molecule has 1 spiro atoms. The molecule has 2 atom stereocenters. The number of imidazole rings is 1. The number of hydrogen-bond donors (Lipinski definition) is 2. The second-order valence-electron chi connectivity index (χ2n) is 8.57. The van der Waals surface area contributed by atoms with E-state index in [-0.39, 0.29) is 6.42 Å². The number of aromatic nitrogens is 3. The number of anilines is 1. The van der Waals surface area contributed by atoms with E-state index in [1.807, 2.05) is 18.0 Å². The van der Waals surface area contributed by atoms with Crippen molar-refractivity contribution in [3.63, 3.8) is 0 Å². The molecule has 6 rings (SSSR count). The first-order chi connectivity index (χ1) is 15.8. The molecule has 2 aromatic heterocycles. The summed E-state index contributed by atoms with van der Waals surface area (Å²) >= 11 is 6.87. The van der Waals surface area contributed by atoms with Gasteiger partial charge in [-0.1, -0.05) is 16.8 Å². The molecule has 3 aliphatic heterocycles. The number of barbiturate groups is 1. The van der Waals surface area contributed by atoms with Crippen LogP contribution in [0.2, 0.25) is 5.02 Å². The van der Waals surface area contributed by atoms with E-state index >= 15 is 0 Å². The highest BCUT2D eigenvalue weighted by Gasteiger charge is 2.62. The first-order valence-electron chi connectivity index (χ1n) is 10.5. The summed E-state index contributed by atoms with van der Waals surface area (Å²) < 4.78 is 13.3. The molecular weight excluding hydrogens is 452 g/mol. The fourth-order valence-corrected chi connectivity index (χ4v) is 5.78. The third-order valence-electron chi connectivity index (χ3n) is 6.81. The maximum absolute atomic E-state index is 13.2. The van der Waals surface area contributed by atoms with Crippen LogP contribution in [0, 0.1) is 5.41 Å². The maximum atomic E-state index is 13.2. The summed E-state index contributed by atoms with van der Waals surface area (Å²) in [4.78, 5) is 44.6. The molecule has 0 unspecified atom stereocenters. The molecule has 0 saturated carbocycles. The molecule has 12 heteroatoms. The maximum Gasteiger partial charge on any atom is 0.328 e. The van der Waals surface area contributed by atoms with Gasteiger partial charge in [0, 0.05) is 26.0 Å². The van der Waals surface area contributed by atoms with E-state index in [1.54, 1.807) is 23.9 Å². The van der Waals surface area contributed by atoms with Crippen LogP contribution in [0.3, 0.4) is 0 Å². The molecule has 0 radical (unpaired) electrons. The van der Waals surface area contributed by atoms with Gasteiger partial charge in [0.15, 0.2) is 22.5 Å². The summed E-state index contributed by atoms with van der Waals surface area (Å²) in [6.45, 7) is 2.60. The van der Waals surface area contributed by atoms with Gasteiger partial charge in [0.2, 0.25) is 11.8 Å². The number of carbonyl (C=O) groups is 3. The van der Waals surface area contributed by atoms with Crippen molar-refractivity contribution in [2.24, 2.45) is 12.5 Å². The van der Waals surface area contributed by atoms with Gasteiger partial charge < -0.3 is 18.7 Å². The first-order valence-corrected chi connectivity index (χ1v) is 10.8. The smallest absolute Gasteiger partial charge is 0.328 e. The highest BCUT2D eigenvalue weighted by Crippen LogP contribution is 2.51. The molecule has 1 aromatic carbocycles. The quantitative estimate of drug-likeness (QED) is 0.510. The van der Waals surface area contributed by atoms with E-state index < -0.39 is 35.4 Å². The Labute approximate surface area is 192 Å². The van der Waals surface area contributed by atoms with E-state index in [0.29, 0.717) is 51.9 Å². The zero-order chi connectivity index (χ0) is 23.1. The summed E-state index contributed by atoms with van der Waals surface area (Å²) in [5.41, 5.74) is 0.681. The van der Waals surface area contributed by atoms with Crippen LogP contribution in [0.4, 0.5) is 10.5 Å². The van der Waals surface area contributed by atoms with E-state index in [9.17, 15) is 14.4 Å². The van der Waals surface area contributed by atoms with Gasteiger partial charge in [0.25, 0.3) is 0 Å². The number of amides is 4. The summed E-state index contributed by atoms with van der Waals surface area (Å²) in [5.74, 6) is -0.716. The van der Waals surface area contributed by atoms with Gasteiger partial charge >= 0.3 is 6.03 Å². The normalized spacial score (nSPS) is 24.0. The number of halogens is 1. The predicted molar refractivity (Wildman–Crippen MR) is 116 cm³/mol. The molecule has 2 fully saturated rings. The van der Waals surface area contributed by atoms with Gasteiger partial charge in [-0.2, -0.15) is 0 Å². The number of urea groups is 1. The van der Waals surface area contributed by atoms with Gasteiger partial charge in [0.1, 0.15) is 5.02 Å². The molecule has 170 valence electrons. The van der Waals surface area contributed by atoms with Gasteiger partial charge in [-0.15, -0.1) is 0 Å². The molecular formula is C21H19ClN6O5. The molecule has 3 aromatic rings. The van der Waals surface area contributed by atoms with Crippen LogP contribution in [0.1, 0.15) is 12.5 Å². The van der Waals surface area contributed by atoms with Crippen LogP contribution in [-0.2, 0) is 27.8 Å². The summed E-state index contributed by atoms with van der Waals surface area (Å²) in [6, 6.07) is 0.340. The minimum atomic E-state index is -1.57. The topological polar surface area (TPSA) is 132 Å². The lowest BCUT2D eigenvalue weighted by molar-refractivity contribution is -0.151. The number of aryl methyl sites for hydroxylation is 1. The van der Waals surface area contributed by atoms with Crippen molar-refractivity contribution in [1.82, 2.24) is 25.3 Å². The lowest BCUT2D eigenvalue weighted by Crippen LogP contribution is -2.74. The predicted octanol–water partition coefficient (Wildman–Crippen LogP) is 1.38. The van der Waals surface area contributed by atoms with Crippen LogP contribution in [0.15, 0.2) is 23.0 Å². The number of hydrogen-bond acceptors (Lipinski definition) is 8. The van der Waals surface area contributed by atoms with Crippen LogP contribution in [-0.4, -0.2) is 57.9 Å². The summed E-state index contributed by atoms with van der Waals surface area (Å²) in [7, 11) is 1.84. The fraction of sp³-hybridized carbons (Fsp3) is 0.381. The Balaban J connectivity index is 1.61. The van der Waals surface area contributed by atoms with E-state index in [1.165, 1.54) is 0 Å². The van der Waals surface area contributed by atoms with Crippen LogP contribution >= 0.6 is 11.6 Å². The SMILES string of the molecule is C[C@@H]1OCCN2c3c(cc4c(-c5nccn5C)noc4c3Cl)CC3(C(=O)NC(=O)NC3=O)[C@@H]12. The molecule has 0 bridgehead atoms. The standard InChI is InChI=1S/C21H19ClN6O5/c1-9-16-21(18(29)24-20(31)25-19(21)30)8-10-7-11-13(17-23-3-4-27(17)2)26-33-15(11)12(22)14(10)28(16)5-6-32-9/h3-4,7,9,16H,5-6,8H2,1-2H3,(H2,24,25,29,30,31)/t9-,16+/m0/s1. The Hall–Kier alpha value is -3.44.